The Bertz CT molecular complexity index is 1190. The third kappa shape index (κ3) is 6.89. The number of nitrogens with zero attached hydrogens (tertiary/aromatic N) is 2. The summed E-state index contributed by atoms with van der Waals surface area (Å²) in [6.07, 6.45) is 1.57. The number of carbonyl (C=O) groups excluding carboxylic acids is 1. The molecule has 33 heavy (non-hydrogen) atoms. The third-order valence-corrected chi connectivity index (χ3v) is 5.24. The highest BCUT2D eigenvalue weighted by atomic mass is 79.9. The molecule has 0 saturated heterocycles. The van der Waals surface area contributed by atoms with Crippen LogP contribution in [0.1, 0.15) is 29.2 Å². The fourth-order valence-electron chi connectivity index (χ4n) is 2.94. The van der Waals surface area contributed by atoms with Crippen molar-refractivity contribution < 1.29 is 18.7 Å². The second kappa shape index (κ2) is 11.8. The van der Waals surface area contributed by atoms with E-state index in [2.05, 4.69) is 32.5 Å². The van der Waals surface area contributed by atoms with Crippen LogP contribution in [0.5, 0.6) is 11.5 Å². The van der Waals surface area contributed by atoms with Crippen molar-refractivity contribution in [2.45, 2.75) is 20.0 Å². The Kier molecular flexibility index (Phi) is 8.56. The summed E-state index contributed by atoms with van der Waals surface area (Å²) in [5.74, 6) is 0.340. The quantitative estimate of drug-likeness (QED) is 0.320. The second-order valence-electron chi connectivity index (χ2n) is 6.91. The predicted octanol–water partition coefficient (Wildman–Crippen LogP) is 5.13. The molecule has 8 heteroatoms. The summed E-state index contributed by atoms with van der Waals surface area (Å²) in [5.41, 5.74) is 5.14. The van der Waals surface area contributed by atoms with Crippen LogP contribution >= 0.6 is 15.9 Å². The average molecular weight is 510 g/mol. The van der Waals surface area contributed by atoms with Crippen LogP contribution in [0.15, 0.2) is 70.2 Å². The Hall–Kier alpha value is -3.70. The van der Waals surface area contributed by atoms with E-state index in [-0.39, 0.29) is 24.8 Å². The highest BCUT2D eigenvalue weighted by Crippen LogP contribution is 2.34. The number of ether oxygens (including phenoxy) is 2. The van der Waals surface area contributed by atoms with Crippen molar-refractivity contribution in [1.29, 1.82) is 5.26 Å². The van der Waals surface area contributed by atoms with Gasteiger partial charge < -0.3 is 9.47 Å². The Balaban J connectivity index is 1.68. The number of amides is 1. The molecule has 0 heterocycles. The smallest absolute Gasteiger partial charge is 0.244 e. The van der Waals surface area contributed by atoms with Crippen molar-refractivity contribution >= 4 is 28.1 Å². The van der Waals surface area contributed by atoms with Crippen LogP contribution in [0.25, 0.3) is 0 Å². The first-order valence-corrected chi connectivity index (χ1v) is 10.9. The zero-order valence-electron chi connectivity index (χ0n) is 17.8. The Labute approximate surface area is 199 Å². The summed E-state index contributed by atoms with van der Waals surface area (Å²) in [6, 6.07) is 18.6. The van der Waals surface area contributed by atoms with Crippen molar-refractivity contribution in [3.63, 3.8) is 0 Å². The number of carbonyl (C=O) groups is 1. The average Bonchev–Trinajstić information content (AvgIpc) is 2.81. The fourth-order valence-corrected chi connectivity index (χ4v) is 3.37. The second-order valence-corrected chi connectivity index (χ2v) is 7.76. The van der Waals surface area contributed by atoms with E-state index in [1.807, 2.05) is 19.1 Å². The number of benzene rings is 3. The summed E-state index contributed by atoms with van der Waals surface area (Å²) in [4.78, 5) is 12.1. The number of halogens is 2. The van der Waals surface area contributed by atoms with E-state index in [1.165, 1.54) is 18.3 Å². The van der Waals surface area contributed by atoms with Crippen LogP contribution in [0, 0.1) is 17.1 Å². The monoisotopic (exact) mass is 509 g/mol. The molecule has 168 valence electrons. The van der Waals surface area contributed by atoms with Crippen LogP contribution < -0.4 is 14.9 Å². The summed E-state index contributed by atoms with van der Waals surface area (Å²) in [7, 11) is 0. The topological polar surface area (TPSA) is 83.7 Å². The van der Waals surface area contributed by atoms with E-state index < -0.39 is 0 Å². The van der Waals surface area contributed by atoms with Crippen molar-refractivity contribution in [3.8, 4) is 17.6 Å². The molecule has 3 aromatic carbocycles. The van der Waals surface area contributed by atoms with Crippen LogP contribution in [0.4, 0.5) is 4.39 Å². The molecule has 0 aliphatic carbocycles. The van der Waals surface area contributed by atoms with Crippen molar-refractivity contribution in [1.82, 2.24) is 5.43 Å². The van der Waals surface area contributed by atoms with E-state index in [0.717, 1.165) is 5.56 Å². The molecule has 0 fully saturated rings. The molecule has 0 aliphatic rings. The minimum absolute atomic E-state index is 0.0833. The Morgan fingerprint density at radius 1 is 1.15 bits per heavy atom. The summed E-state index contributed by atoms with van der Waals surface area (Å²) < 4.78 is 25.3. The highest BCUT2D eigenvalue weighted by Gasteiger charge is 2.12. The lowest BCUT2D eigenvalue weighted by atomic mass is 10.1. The lowest BCUT2D eigenvalue weighted by Crippen LogP contribution is -2.19. The number of rotatable bonds is 9. The fraction of sp³-hybridized carbons (Fsp3) is 0.160. The van der Waals surface area contributed by atoms with Gasteiger partial charge in [-0.2, -0.15) is 10.4 Å². The van der Waals surface area contributed by atoms with Gasteiger partial charge in [0.1, 0.15) is 12.4 Å². The van der Waals surface area contributed by atoms with Crippen LogP contribution in [0.3, 0.4) is 0 Å². The Morgan fingerprint density at radius 2 is 1.88 bits per heavy atom. The van der Waals surface area contributed by atoms with E-state index in [4.69, 9.17) is 9.47 Å². The van der Waals surface area contributed by atoms with Gasteiger partial charge in [-0.15, -0.1) is 0 Å². The normalized spacial score (nSPS) is 10.6. The van der Waals surface area contributed by atoms with E-state index >= 15 is 0 Å². The molecule has 0 spiro atoms. The standard InChI is InChI=1S/C25H21BrFN3O3/c1-2-32-23-12-20(15-29-30-25(31)11-17-7-9-21(27)10-8-17)22(26)13-24(23)33-16-19-6-4-3-5-18(19)14-28/h3-10,12-13,15H,2,11,16H2,1H3,(H,30,31)/b29-15+. The van der Waals surface area contributed by atoms with Gasteiger partial charge in [0.15, 0.2) is 11.5 Å². The van der Waals surface area contributed by atoms with Gasteiger partial charge in [0.25, 0.3) is 0 Å². The van der Waals surface area contributed by atoms with Gasteiger partial charge in [-0.25, -0.2) is 9.82 Å². The van der Waals surface area contributed by atoms with Gasteiger partial charge in [-0.1, -0.05) is 30.3 Å². The maximum atomic E-state index is 13.0. The van der Waals surface area contributed by atoms with Gasteiger partial charge in [0.2, 0.25) is 5.91 Å². The van der Waals surface area contributed by atoms with Crippen LogP contribution in [-0.4, -0.2) is 18.7 Å². The SMILES string of the molecule is CCOc1cc(/C=N/NC(=O)Cc2ccc(F)cc2)c(Br)cc1OCc1ccccc1C#N. The first kappa shape index (κ1) is 24.0. The van der Waals surface area contributed by atoms with E-state index in [1.54, 1.807) is 36.4 Å². The van der Waals surface area contributed by atoms with Gasteiger partial charge in [0.05, 0.1) is 30.9 Å². The molecule has 1 N–H and O–H groups in total. The molecular formula is C25H21BrFN3O3. The molecule has 6 nitrogen and oxygen atoms in total. The van der Waals surface area contributed by atoms with Crippen molar-refractivity contribution in [2.75, 3.05) is 6.61 Å². The minimum Gasteiger partial charge on any atom is -0.490 e. The summed E-state index contributed by atoms with van der Waals surface area (Å²) >= 11 is 3.49. The molecule has 3 aromatic rings. The van der Waals surface area contributed by atoms with Crippen molar-refractivity contribution in [3.05, 3.63) is 93.2 Å². The molecule has 0 aliphatic heterocycles. The zero-order chi connectivity index (χ0) is 23.6. The Morgan fingerprint density at radius 3 is 2.61 bits per heavy atom. The van der Waals surface area contributed by atoms with Gasteiger partial charge >= 0.3 is 0 Å². The first-order valence-electron chi connectivity index (χ1n) is 10.1. The molecular weight excluding hydrogens is 489 g/mol. The lowest BCUT2D eigenvalue weighted by molar-refractivity contribution is -0.120. The molecule has 3 rings (SSSR count). The maximum Gasteiger partial charge on any atom is 0.244 e. The molecule has 0 aromatic heterocycles. The van der Waals surface area contributed by atoms with Gasteiger partial charge in [-0.3, -0.25) is 4.79 Å². The number of hydrogen-bond donors (Lipinski definition) is 1. The number of hydrazone groups is 1. The van der Waals surface area contributed by atoms with Gasteiger partial charge in [-0.05, 0) is 58.7 Å². The largest absolute Gasteiger partial charge is 0.490 e. The molecule has 0 saturated carbocycles. The third-order valence-electron chi connectivity index (χ3n) is 4.55. The molecule has 0 bridgehead atoms. The number of hydrogen-bond acceptors (Lipinski definition) is 5. The predicted molar refractivity (Wildman–Crippen MR) is 127 cm³/mol. The van der Waals surface area contributed by atoms with E-state index in [0.29, 0.717) is 39.3 Å². The molecule has 0 radical (unpaired) electrons. The van der Waals surface area contributed by atoms with Gasteiger partial charge in [0, 0.05) is 15.6 Å². The minimum atomic E-state index is -0.353. The van der Waals surface area contributed by atoms with Crippen molar-refractivity contribution in [2.24, 2.45) is 5.10 Å². The first-order chi connectivity index (χ1) is 16.0. The number of nitrogens with one attached hydrogen (secondary N) is 1. The number of nitriles is 1. The highest BCUT2D eigenvalue weighted by molar-refractivity contribution is 9.10. The lowest BCUT2D eigenvalue weighted by Gasteiger charge is -2.14. The van der Waals surface area contributed by atoms with E-state index in [9.17, 15) is 14.4 Å². The van der Waals surface area contributed by atoms with Crippen LogP contribution in [-0.2, 0) is 17.8 Å². The summed E-state index contributed by atoms with van der Waals surface area (Å²) in [5, 5.41) is 13.3. The van der Waals surface area contributed by atoms with Crippen LogP contribution in [0.2, 0.25) is 0 Å². The maximum absolute atomic E-state index is 13.0. The molecule has 0 atom stereocenters. The molecule has 0 unspecified atom stereocenters. The zero-order valence-corrected chi connectivity index (χ0v) is 19.4. The molecule has 1 amide bonds. The summed E-state index contributed by atoms with van der Waals surface area (Å²) in [6.45, 7) is 2.50.